The Morgan fingerprint density at radius 1 is 1.15 bits per heavy atom. The Hall–Kier alpha value is -2.45. The van der Waals surface area contributed by atoms with E-state index in [0.717, 1.165) is 5.56 Å². The summed E-state index contributed by atoms with van der Waals surface area (Å²) < 4.78 is 32.5. The lowest BCUT2D eigenvalue weighted by molar-refractivity contribution is -0.129. The smallest absolute Gasteiger partial charge is 0.240 e. The number of sulfonamides is 1. The Bertz CT molecular complexity index is 808. The van der Waals surface area contributed by atoms with Crippen molar-refractivity contribution in [3.63, 3.8) is 0 Å². The molecule has 0 atom stereocenters. The van der Waals surface area contributed by atoms with E-state index in [9.17, 15) is 13.2 Å². The van der Waals surface area contributed by atoms with Crippen LogP contribution in [0.1, 0.15) is 19.4 Å². The predicted molar refractivity (Wildman–Crippen MR) is 98.1 cm³/mol. The van der Waals surface area contributed by atoms with Gasteiger partial charge >= 0.3 is 0 Å². The Labute approximate surface area is 154 Å². The van der Waals surface area contributed by atoms with Crippen LogP contribution in [0.3, 0.4) is 0 Å². The van der Waals surface area contributed by atoms with Gasteiger partial charge in [-0.15, -0.1) is 0 Å². The van der Waals surface area contributed by atoms with Crippen molar-refractivity contribution in [1.82, 2.24) is 14.6 Å². The first-order valence-electron chi connectivity index (χ1n) is 8.29. The van der Waals surface area contributed by atoms with Crippen molar-refractivity contribution in [2.75, 3.05) is 19.7 Å². The van der Waals surface area contributed by atoms with E-state index in [1.807, 2.05) is 19.1 Å². The normalized spacial score (nSPS) is 11.2. The van der Waals surface area contributed by atoms with Gasteiger partial charge < -0.3 is 9.64 Å². The number of hydrogen-bond acceptors (Lipinski definition) is 5. The van der Waals surface area contributed by atoms with Gasteiger partial charge in [-0.25, -0.2) is 13.1 Å². The fraction of sp³-hybridized carbons (Fsp3) is 0.333. The summed E-state index contributed by atoms with van der Waals surface area (Å²) in [6.07, 6.45) is 3.31. The van der Waals surface area contributed by atoms with Gasteiger partial charge in [0.1, 0.15) is 5.75 Å². The molecular weight excluding hydrogens is 354 g/mol. The molecule has 0 spiro atoms. The highest BCUT2D eigenvalue weighted by Gasteiger charge is 2.15. The maximum Gasteiger partial charge on any atom is 0.240 e. The molecule has 8 heteroatoms. The van der Waals surface area contributed by atoms with E-state index >= 15 is 0 Å². The van der Waals surface area contributed by atoms with E-state index in [-0.39, 0.29) is 23.9 Å². The van der Waals surface area contributed by atoms with Gasteiger partial charge in [0.05, 0.1) is 11.5 Å². The molecule has 0 aliphatic rings. The molecule has 1 heterocycles. The standard InChI is InChI=1S/C18H23N3O4S/c1-3-25-17-4-6-18(7-5-17)26(23,24)20-12-13-21(15(2)22)14-16-8-10-19-11-9-16/h4-11,20H,3,12-14H2,1-2H3. The number of ether oxygens (including phenoxy) is 1. The first-order valence-corrected chi connectivity index (χ1v) is 9.77. The van der Waals surface area contributed by atoms with E-state index < -0.39 is 10.0 Å². The van der Waals surface area contributed by atoms with Crippen molar-refractivity contribution in [1.29, 1.82) is 0 Å². The number of nitrogens with zero attached hydrogens (tertiary/aromatic N) is 2. The molecule has 1 aromatic heterocycles. The van der Waals surface area contributed by atoms with Crippen molar-refractivity contribution >= 4 is 15.9 Å². The summed E-state index contributed by atoms with van der Waals surface area (Å²) >= 11 is 0. The van der Waals surface area contributed by atoms with Crippen molar-refractivity contribution < 1.29 is 17.9 Å². The lowest BCUT2D eigenvalue weighted by Gasteiger charge is -2.21. The zero-order chi connectivity index (χ0) is 19.0. The fourth-order valence-electron chi connectivity index (χ4n) is 2.34. The quantitative estimate of drug-likeness (QED) is 0.720. The minimum absolute atomic E-state index is 0.123. The number of carbonyl (C=O) groups is 1. The predicted octanol–water partition coefficient (Wildman–Crippen LogP) is 1.81. The van der Waals surface area contributed by atoms with Crippen LogP contribution < -0.4 is 9.46 Å². The third-order valence-corrected chi connectivity index (χ3v) is 5.16. The van der Waals surface area contributed by atoms with Crippen LogP contribution in [0.2, 0.25) is 0 Å². The number of nitrogens with one attached hydrogen (secondary N) is 1. The largest absolute Gasteiger partial charge is 0.494 e. The van der Waals surface area contributed by atoms with Crippen LogP contribution in [0.5, 0.6) is 5.75 Å². The number of benzene rings is 1. The summed E-state index contributed by atoms with van der Waals surface area (Å²) in [5, 5.41) is 0. The summed E-state index contributed by atoms with van der Waals surface area (Å²) in [5.74, 6) is 0.494. The van der Waals surface area contributed by atoms with Crippen molar-refractivity contribution in [2.24, 2.45) is 0 Å². The van der Waals surface area contributed by atoms with Crippen LogP contribution in [0.4, 0.5) is 0 Å². The van der Waals surface area contributed by atoms with Crippen molar-refractivity contribution in [2.45, 2.75) is 25.3 Å². The van der Waals surface area contributed by atoms with Gasteiger partial charge in [-0.2, -0.15) is 0 Å². The number of hydrogen-bond donors (Lipinski definition) is 1. The number of carbonyl (C=O) groups excluding carboxylic acids is 1. The molecule has 0 bridgehead atoms. The zero-order valence-electron chi connectivity index (χ0n) is 14.9. The van der Waals surface area contributed by atoms with Gasteiger partial charge in [-0.1, -0.05) is 0 Å². The highest BCUT2D eigenvalue weighted by atomic mass is 32.2. The lowest BCUT2D eigenvalue weighted by atomic mass is 10.2. The Kier molecular flexibility index (Phi) is 7.11. The van der Waals surface area contributed by atoms with Crippen LogP contribution >= 0.6 is 0 Å². The molecule has 1 N–H and O–H groups in total. The van der Waals surface area contributed by atoms with E-state index in [1.165, 1.54) is 19.1 Å². The number of pyridine rings is 1. The molecule has 0 fully saturated rings. The van der Waals surface area contributed by atoms with E-state index in [1.54, 1.807) is 29.4 Å². The molecule has 2 aromatic rings. The van der Waals surface area contributed by atoms with E-state index in [0.29, 0.717) is 18.9 Å². The maximum atomic E-state index is 12.3. The molecule has 0 unspecified atom stereocenters. The Balaban J connectivity index is 1.93. The second-order valence-electron chi connectivity index (χ2n) is 5.60. The zero-order valence-corrected chi connectivity index (χ0v) is 15.7. The topological polar surface area (TPSA) is 88.6 Å². The highest BCUT2D eigenvalue weighted by molar-refractivity contribution is 7.89. The third-order valence-electron chi connectivity index (χ3n) is 3.69. The minimum atomic E-state index is -3.64. The van der Waals surface area contributed by atoms with E-state index in [4.69, 9.17) is 4.74 Å². The maximum absolute atomic E-state index is 12.3. The average molecular weight is 377 g/mol. The average Bonchev–Trinajstić information content (AvgIpc) is 2.62. The first-order chi connectivity index (χ1) is 12.4. The first kappa shape index (κ1) is 19.9. The molecule has 26 heavy (non-hydrogen) atoms. The number of amides is 1. The summed E-state index contributed by atoms with van der Waals surface area (Å²) in [6.45, 7) is 4.64. The van der Waals surface area contributed by atoms with Gasteiger partial charge in [-0.3, -0.25) is 9.78 Å². The molecule has 1 aromatic carbocycles. The molecule has 0 saturated carbocycles. The molecule has 0 saturated heterocycles. The van der Waals surface area contributed by atoms with Gasteiger partial charge in [0, 0.05) is 39.0 Å². The summed E-state index contributed by atoms with van der Waals surface area (Å²) in [7, 11) is -3.64. The number of aromatic nitrogens is 1. The molecule has 7 nitrogen and oxygen atoms in total. The number of rotatable bonds is 9. The lowest BCUT2D eigenvalue weighted by Crippen LogP contribution is -2.37. The summed E-state index contributed by atoms with van der Waals surface area (Å²) in [4.78, 5) is 17.5. The SMILES string of the molecule is CCOc1ccc(S(=O)(=O)NCCN(Cc2ccncc2)C(C)=O)cc1. The Morgan fingerprint density at radius 3 is 2.38 bits per heavy atom. The fourth-order valence-corrected chi connectivity index (χ4v) is 3.36. The minimum Gasteiger partial charge on any atom is -0.494 e. The molecule has 0 aliphatic heterocycles. The van der Waals surface area contributed by atoms with Crippen molar-refractivity contribution in [3.8, 4) is 5.75 Å². The molecular formula is C18H23N3O4S. The molecule has 1 amide bonds. The van der Waals surface area contributed by atoms with Crippen LogP contribution in [0.25, 0.3) is 0 Å². The van der Waals surface area contributed by atoms with Crippen LogP contribution in [-0.2, 0) is 21.4 Å². The molecule has 0 aliphatic carbocycles. The monoisotopic (exact) mass is 377 g/mol. The Morgan fingerprint density at radius 2 is 1.81 bits per heavy atom. The second kappa shape index (κ2) is 9.30. The van der Waals surface area contributed by atoms with Gasteiger partial charge in [0.2, 0.25) is 15.9 Å². The van der Waals surface area contributed by atoms with Gasteiger partial charge in [-0.05, 0) is 48.9 Å². The van der Waals surface area contributed by atoms with Crippen LogP contribution in [0.15, 0.2) is 53.7 Å². The molecule has 0 radical (unpaired) electrons. The van der Waals surface area contributed by atoms with Crippen LogP contribution in [-0.4, -0.2) is 43.9 Å². The summed E-state index contributed by atoms with van der Waals surface area (Å²) in [6, 6.07) is 9.85. The summed E-state index contributed by atoms with van der Waals surface area (Å²) in [5.41, 5.74) is 0.935. The molecule has 140 valence electrons. The van der Waals surface area contributed by atoms with Crippen LogP contribution in [0, 0.1) is 0 Å². The molecule has 2 rings (SSSR count). The van der Waals surface area contributed by atoms with E-state index in [2.05, 4.69) is 9.71 Å². The second-order valence-corrected chi connectivity index (χ2v) is 7.37. The van der Waals surface area contributed by atoms with Crippen molar-refractivity contribution in [3.05, 3.63) is 54.4 Å². The van der Waals surface area contributed by atoms with Gasteiger partial charge in [0.15, 0.2) is 0 Å². The highest BCUT2D eigenvalue weighted by Crippen LogP contribution is 2.15. The van der Waals surface area contributed by atoms with Gasteiger partial charge in [0.25, 0.3) is 0 Å². The third kappa shape index (κ3) is 5.82.